The molecule has 3 nitrogen and oxygen atoms in total. The zero-order chi connectivity index (χ0) is 12.4. The molecule has 5 heteroatoms. The minimum Gasteiger partial charge on any atom is -0.351 e. The standard InChI is InChI=1S/C12H15FN2OS/c1-2-17(16)6-5-15-8-9-3-4-10(13)7-11(9)12(15)14/h3-4,7,14H,2,5-6,8H2,1H3. The quantitative estimate of drug-likeness (QED) is 0.889. The SMILES string of the molecule is CCS(=O)CCN1Cc2ccc(F)cc2C1=N. The number of hydrogen-bond acceptors (Lipinski definition) is 2. The lowest BCUT2D eigenvalue weighted by molar-refractivity contribution is 0.454. The Kier molecular flexibility index (Phi) is 3.57. The predicted octanol–water partition coefficient (Wildman–Crippen LogP) is 1.74. The number of benzene rings is 1. The Bertz CT molecular complexity index is 476. The van der Waals surface area contributed by atoms with Gasteiger partial charge >= 0.3 is 0 Å². The molecule has 92 valence electrons. The Morgan fingerprint density at radius 2 is 2.29 bits per heavy atom. The van der Waals surface area contributed by atoms with E-state index in [4.69, 9.17) is 5.41 Å². The average Bonchev–Trinajstić information content (AvgIpc) is 2.63. The summed E-state index contributed by atoms with van der Waals surface area (Å²) < 4.78 is 24.4. The molecule has 1 aliphatic heterocycles. The Morgan fingerprint density at radius 3 is 3.00 bits per heavy atom. The molecular formula is C12H15FN2OS. The molecule has 0 radical (unpaired) electrons. The third-order valence-corrected chi connectivity index (χ3v) is 4.20. The summed E-state index contributed by atoms with van der Waals surface area (Å²) >= 11 is 0. The van der Waals surface area contributed by atoms with E-state index < -0.39 is 10.8 Å². The number of halogens is 1. The van der Waals surface area contributed by atoms with Crippen molar-refractivity contribution >= 4 is 16.6 Å². The Labute approximate surface area is 103 Å². The summed E-state index contributed by atoms with van der Waals surface area (Å²) in [4.78, 5) is 1.84. The van der Waals surface area contributed by atoms with Crippen LogP contribution in [0.1, 0.15) is 18.1 Å². The molecule has 0 aromatic heterocycles. The third kappa shape index (κ3) is 2.54. The maximum Gasteiger partial charge on any atom is 0.128 e. The highest BCUT2D eigenvalue weighted by molar-refractivity contribution is 7.84. The highest BCUT2D eigenvalue weighted by Gasteiger charge is 2.24. The van der Waals surface area contributed by atoms with Crippen LogP contribution in [-0.2, 0) is 17.3 Å². The van der Waals surface area contributed by atoms with Crippen molar-refractivity contribution in [3.8, 4) is 0 Å². The van der Waals surface area contributed by atoms with Gasteiger partial charge in [0.1, 0.15) is 11.7 Å². The molecule has 1 atom stereocenters. The van der Waals surface area contributed by atoms with E-state index in [1.807, 2.05) is 11.8 Å². The van der Waals surface area contributed by atoms with Crippen LogP contribution in [0, 0.1) is 11.2 Å². The molecule has 1 aromatic rings. The summed E-state index contributed by atoms with van der Waals surface area (Å²) in [5.41, 5.74) is 1.63. The average molecular weight is 254 g/mol. The van der Waals surface area contributed by atoms with Crippen LogP contribution < -0.4 is 0 Å². The van der Waals surface area contributed by atoms with Crippen LogP contribution >= 0.6 is 0 Å². The molecule has 1 heterocycles. The first-order valence-electron chi connectivity index (χ1n) is 5.59. The Balaban J connectivity index is 2.07. The van der Waals surface area contributed by atoms with Crippen molar-refractivity contribution in [1.29, 1.82) is 5.41 Å². The van der Waals surface area contributed by atoms with E-state index in [1.165, 1.54) is 12.1 Å². The van der Waals surface area contributed by atoms with E-state index in [-0.39, 0.29) is 5.82 Å². The Morgan fingerprint density at radius 1 is 1.53 bits per heavy atom. The first-order valence-corrected chi connectivity index (χ1v) is 7.08. The topological polar surface area (TPSA) is 44.2 Å². The van der Waals surface area contributed by atoms with Gasteiger partial charge in [-0.2, -0.15) is 0 Å². The van der Waals surface area contributed by atoms with Crippen molar-refractivity contribution in [2.24, 2.45) is 0 Å². The zero-order valence-electron chi connectivity index (χ0n) is 9.70. The molecule has 2 rings (SSSR count). The van der Waals surface area contributed by atoms with Crippen molar-refractivity contribution in [2.45, 2.75) is 13.5 Å². The van der Waals surface area contributed by atoms with Crippen molar-refractivity contribution < 1.29 is 8.60 Å². The molecule has 0 saturated heterocycles. The summed E-state index contributed by atoms with van der Waals surface area (Å²) in [6.07, 6.45) is 0. The van der Waals surface area contributed by atoms with E-state index in [9.17, 15) is 8.60 Å². The number of nitrogens with zero attached hydrogens (tertiary/aromatic N) is 1. The second kappa shape index (κ2) is 4.96. The van der Waals surface area contributed by atoms with Crippen LogP contribution in [0.4, 0.5) is 4.39 Å². The van der Waals surface area contributed by atoms with Crippen LogP contribution in [-0.4, -0.2) is 33.0 Å². The molecule has 0 saturated carbocycles. The van der Waals surface area contributed by atoms with Gasteiger partial charge in [0.15, 0.2) is 0 Å². The molecule has 0 amide bonds. The number of nitrogens with one attached hydrogen (secondary N) is 1. The first kappa shape index (κ1) is 12.2. The molecule has 1 aliphatic rings. The summed E-state index contributed by atoms with van der Waals surface area (Å²) in [5.74, 6) is 1.23. The summed E-state index contributed by atoms with van der Waals surface area (Å²) in [6, 6.07) is 4.53. The second-order valence-electron chi connectivity index (χ2n) is 4.00. The normalized spacial score (nSPS) is 16.1. The van der Waals surface area contributed by atoms with E-state index >= 15 is 0 Å². The van der Waals surface area contributed by atoms with Gasteiger partial charge < -0.3 is 4.90 Å². The van der Waals surface area contributed by atoms with Gasteiger partial charge in [0.2, 0.25) is 0 Å². The molecule has 0 spiro atoms. The van der Waals surface area contributed by atoms with Gasteiger partial charge in [-0.25, -0.2) is 4.39 Å². The Hall–Kier alpha value is -1.23. The molecular weight excluding hydrogens is 239 g/mol. The third-order valence-electron chi connectivity index (χ3n) is 2.92. The fourth-order valence-electron chi connectivity index (χ4n) is 1.91. The van der Waals surface area contributed by atoms with Crippen molar-refractivity contribution in [1.82, 2.24) is 4.90 Å². The molecule has 1 N–H and O–H groups in total. The number of rotatable bonds is 4. The van der Waals surface area contributed by atoms with Crippen LogP contribution in [0.2, 0.25) is 0 Å². The highest BCUT2D eigenvalue weighted by atomic mass is 32.2. The van der Waals surface area contributed by atoms with Crippen LogP contribution in [0.3, 0.4) is 0 Å². The molecule has 0 bridgehead atoms. The van der Waals surface area contributed by atoms with Crippen LogP contribution in [0.25, 0.3) is 0 Å². The van der Waals surface area contributed by atoms with Crippen molar-refractivity contribution in [2.75, 3.05) is 18.1 Å². The molecule has 17 heavy (non-hydrogen) atoms. The van der Waals surface area contributed by atoms with E-state index in [2.05, 4.69) is 0 Å². The predicted molar refractivity (Wildman–Crippen MR) is 67.2 cm³/mol. The van der Waals surface area contributed by atoms with Gasteiger partial charge in [0.25, 0.3) is 0 Å². The smallest absolute Gasteiger partial charge is 0.128 e. The van der Waals surface area contributed by atoms with Gasteiger partial charge in [-0.1, -0.05) is 13.0 Å². The van der Waals surface area contributed by atoms with E-state index in [0.29, 0.717) is 36.0 Å². The van der Waals surface area contributed by atoms with Gasteiger partial charge in [0.05, 0.1) is 0 Å². The molecule has 1 aromatic carbocycles. The van der Waals surface area contributed by atoms with E-state index in [0.717, 1.165) is 5.56 Å². The maximum atomic E-state index is 13.1. The van der Waals surface area contributed by atoms with Crippen molar-refractivity contribution in [3.63, 3.8) is 0 Å². The summed E-state index contributed by atoms with van der Waals surface area (Å²) in [5, 5.41) is 7.95. The number of hydrogen-bond donors (Lipinski definition) is 1. The highest BCUT2D eigenvalue weighted by Crippen LogP contribution is 2.23. The van der Waals surface area contributed by atoms with E-state index in [1.54, 1.807) is 6.07 Å². The zero-order valence-corrected chi connectivity index (χ0v) is 10.5. The summed E-state index contributed by atoms with van der Waals surface area (Å²) in [7, 11) is -0.820. The fraction of sp³-hybridized carbons (Fsp3) is 0.417. The largest absolute Gasteiger partial charge is 0.351 e. The molecule has 1 unspecified atom stereocenters. The van der Waals surface area contributed by atoms with Crippen molar-refractivity contribution in [3.05, 3.63) is 35.1 Å². The first-order chi connectivity index (χ1) is 8.11. The lowest BCUT2D eigenvalue weighted by Crippen LogP contribution is -2.28. The lowest BCUT2D eigenvalue weighted by Gasteiger charge is -2.16. The molecule has 0 fully saturated rings. The van der Waals surface area contributed by atoms with Gasteiger partial charge in [-0.3, -0.25) is 9.62 Å². The summed E-state index contributed by atoms with van der Waals surface area (Å²) in [6.45, 7) is 3.10. The monoisotopic (exact) mass is 254 g/mol. The second-order valence-corrected chi connectivity index (χ2v) is 5.87. The van der Waals surface area contributed by atoms with Gasteiger partial charge in [0, 0.05) is 41.0 Å². The maximum absolute atomic E-state index is 13.1. The number of amidine groups is 1. The fourth-order valence-corrected chi connectivity index (χ4v) is 2.62. The molecule has 0 aliphatic carbocycles. The minimum absolute atomic E-state index is 0.313. The van der Waals surface area contributed by atoms with Gasteiger partial charge in [-0.05, 0) is 17.7 Å². The lowest BCUT2D eigenvalue weighted by atomic mass is 10.1. The number of fused-ring (bicyclic) bond motifs is 1. The van der Waals surface area contributed by atoms with Crippen LogP contribution in [0.5, 0.6) is 0 Å². The van der Waals surface area contributed by atoms with Gasteiger partial charge in [-0.15, -0.1) is 0 Å². The minimum atomic E-state index is -0.820. The van der Waals surface area contributed by atoms with Crippen LogP contribution in [0.15, 0.2) is 18.2 Å².